The van der Waals surface area contributed by atoms with Crippen LogP contribution < -0.4 is 30.6 Å². The first-order valence-corrected chi connectivity index (χ1v) is 20.4. The van der Waals surface area contributed by atoms with E-state index in [9.17, 15) is 24.0 Å². The van der Waals surface area contributed by atoms with Gasteiger partial charge in [0.2, 0.25) is 5.91 Å². The lowest BCUT2D eigenvalue weighted by atomic mass is 9.43. The quantitative estimate of drug-likeness (QED) is 0.149. The molecule has 0 spiro atoms. The number of nitrogens with two attached hydrogens (primary N) is 1. The molecule has 3 saturated carbocycles. The standard InChI is InChI=1S/C41H53BClF2N5O11/c1-39(2,3)59-37(54)28-23(44)11-10-20(31(28)56-7)16-27(42-60-26-18-21-17-25(40(21,4)5)41(26,6)61-42)47-34(51)30(22-19-24(45)32(57-8)33(58-9)29(22)43)48-38(55)50-15-14-49(13-12-46)35(52)36(50)53/h10-11,19,21,25-27,30H,12-18,46H2,1-9H3,(H,47,51)(H,48,55)/t21-,25-,26+,27?,30?,41-/m0/s1. The summed E-state index contributed by atoms with van der Waals surface area (Å²) in [5.41, 5.74) is 3.26. The predicted molar refractivity (Wildman–Crippen MR) is 217 cm³/mol. The number of hydrogen-bond acceptors (Lipinski definition) is 12. The van der Waals surface area contributed by atoms with Gasteiger partial charge in [0.05, 0.1) is 44.0 Å². The van der Waals surface area contributed by atoms with Crippen molar-refractivity contribution in [2.24, 2.45) is 23.0 Å². The summed E-state index contributed by atoms with van der Waals surface area (Å²) in [5, 5.41) is 5.04. The minimum absolute atomic E-state index is 0.0282. The predicted octanol–water partition coefficient (Wildman–Crippen LogP) is 3.97. The number of esters is 1. The number of urea groups is 1. The number of nitrogens with one attached hydrogen (secondary N) is 2. The normalized spacial score (nSPS) is 24.0. The van der Waals surface area contributed by atoms with Gasteiger partial charge in [-0.05, 0) is 81.9 Å². The number of rotatable bonds is 13. The molecule has 2 aromatic carbocycles. The first-order valence-electron chi connectivity index (χ1n) is 20.0. The lowest BCUT2D eigenvalue weighted by molar-refractivity contribution is -0.199. The third-order valence-corrected chi connectivity index (χ3v) is 12.8. The highest BCUT2D eigenvalue weighted by Crippen LogP contribution is 2.65. The van der Waals surface area contributed by atoms with Crippen LogP contribution in [0.3, 0.4) is 0 Å². The Morgan fingerprint density at radius 2 is 1.66 bits per heavy atom. The zero-order chi connectivity index (χ0) is 44.9. The average molecular weight is 876 g/mol. The van der Waals surface area contributed by atoms with E-state index >= 15 is 8.78 Å². The molecule has 4 N–H and O–H groups in total. The molecule has 2 saturated heterocycles. The van der Waals surface area contributed by atoms with Gasteiger partial charge in [0.25, 0.3) is 0 Å². The van der Waals surface area contributed by atoms with Gasteiger partial charge in [-0.1, -0.05) is 31.5 Å². The van der Waals surface area contributed by atoms with E-state index in [1.165, 1.54) is 32.3 Å². The van der Waals surface area contributed by atoms with Crippen molar-refractivity contribution >= 4 is 48.4 Å². The molecule has 0 aromatic heterocycles. The molecule has 2 heterocycles. The molecule has 61 heavy (non-hydrogen) atoms. The van der Waals surface area contributed by atoms with Crippen LogP contribution in [0.1, 0.15) is 81.9 Å². The van der Waals surface area contributed by atoms with Crippen LogP contribution in [0.15, 0.2) is 18.2 Å². The molecule has 2 aliphatic heterocycles. The van der Waals surface area contributed by atoms with E-state index in [0.717, 1.165) is 18.6 Å². The van der Waals surface area contributed by atoms with Crippen molar-refractivity contribution in [3.8, 4) is 17.2 Å². The summed E-state index contributed by atoms with van der Waals surface area (Å²) >= 11 is 6.77. The van der Waals surface area contributed by atoms with Crippen molar-refractivity contribution < 1.29 is 61.0 Å². The smallest absolute Gasteiger partial charge is 0.482 e. The SMILES string of the molecule is COc1c(F)cc(C(NC(=O)N2CCN(CCN)C(=O)C2=O)C(=O)NC(Cc2ccc(F)c(C(=O)OC(C)(C)C)c2OC)B2O[C@@H]3C[C@@H]4C[C@@H](C4(C)C)[C@]3(C)O2)c(Cl)c1OC. The van der Waals surface area contributed by atoms with Crippen LogP contribution in [0.25, 0.3) is 0 Å². The zero-order valence-electron chi connectivity index (χ0n) is 35.7. The number of halogens is 3. The van der Waals surface area contributed by atoms with E-state index in [4.69, 9.17) is 45.6 Å². The van der Waals surface area contributed by atoms with Crippen LogP contribution in [0.5, 0.6) is 17.2 Å². The van der Waals surface area contributed by atoms with Gasteiger partial charge in [0, 0.05) is 31.7 Å². The molecule has 2 aromatic rings. The number of hydrogen-bond donors (Lipinski definition) is 3. The van der Waals surface area contributed by atoms with Crippen LogP contribution in [-0.2, 0) is 34.9 Å². The van der Waals surface area contributed by atoms with Crippen molar-refractivity contribution in [2.45, 2.75) is 90.1 Å². The van der Waals surface area contributed by atoms with E-state index in [2.05, 4.69) is 24.5 Å². The maximum absolute atomic E-state index is 15.7. The topological polar surface area (TPSA) is 197 Å². The molecule has 0 radical (unpaired) electrons. The maximum atomic E-state index is 15.7. The van der Waals surface area contributed by atoms with E-state index < -0.39 is 77.2 Å². The van der Waals surface area contributed by atoms with Crippen molar-refractivity contribution in [1.29, 1.82) is 0 Å². The summed E-state index contributed by atoms with van der Waals surface area (Å²) in [6.07, 6.45) is 1.04. The minimum atomic E-state index is -1.86. The molecule has 5 aliphatic rings. The van der Waals surface area contributed by atoms with Crippen molar-refractivity contribution in [1.82, 2.24) is 20.4 Å². The second-order valence-corrected chi connectivity index (χ2v) is 17.9. The molecule has 2 unspecified atom stereocenters. The van der Waals surface area contributed by atoms with Gasteiger partial charge in [0.1, 0.15) is 28.8 Å². The van der Waals surface area contributed by atoms with E-state index in [1.54, 1.807) is 20.8 Å². The van der Waals surface area contributed by atoms with Gasteiger partial charge < -0.3 is 49.5 Å². The van der Waals surface area contributed by atoms with Crippen LogP contribution in [0.4, 0.5) is 13.6 Å². The number of methoxy groups -OCH3 is 3. The Bertz CT molecular complexity index is 2110. The molecule has 6 atom stereocenters. The summed E-state index contributed by atoms with van der Waals surface area (Å²) in [4.78, 5) is 70.0. The highest BCUT2D eigenvalue weighted by molar-refractivity contribution is 6.48. The third kappa shape index (κ3) is 8.45. The first kappa shape index (κ1) is 45.8. The molecule has 5 fully saturated rings. The number of ether oxygens (including phenoxy) is 4. The molecule has 5 amide bonds. The molecule has 16 nitrogen and oxygen atoms in total. The second kappa shape index (κ2) is 17.2. The fourth-order valence-corrected chi connectivity index (χ4v) is 9.54. The molecular weight excluding hydrogens is 823 g/mol. The summed E-state index contributed by atoms with van der Waals surface area (Å²) in [6, 6.07) is 0.312. The van der Waals surface area contributed by atoms with Crippen LogP contribution >= 0.6 is 11.6 Å². The molecule has 2 bridgehead atoms. The van der Waals surface area contributed by atoms with Gasteiger partial charge in [-0.3, -0.25) is 19.3 Å². The zero-order valence-corrected chi connectivity index (χ0v) is 36.5. The summed E-state index contributed by atoms with van der Waals surface area (Å²) in [5.74, 6) is -7.56. The van der Waals surface area contributed by atoms with Gasteiger partial charge in [-0.2, -0.15) is 0 Å². The molecule has 7 rings (SSSR count). The Hall–Kier alpha value is -4.72. The van der Waals surface area contributed by atoms with Crippen molar-refractivity contribution in [2.75, 3.05) is 47.5 Å². The van der Waals surface area contributed by atoms with Crippen LogP contribution in [0.2, 0.25) is 5.02 Å². The molecular formula is C41H53BClF2N5O11. The van der Waals surface area contributed by atoms with Crippen molar-refractivity contribution in [3.63, 3.8) is 0 Å². The van der Waals surface area contributed by atoms with E-state index in [1.807, 2.05) is 6.92 Å². The summed E-state index contributed by atoms with van der Waals surface area (Å²) in [7, 11) is 2.49. The number of imide groups is 1. The summed E-state index contributed by atoms with van der Waals surface area (Å²) in [6.45, 7) is 11.1. The molecule has 3 aliphatic carbocycles. The highest BCUT2D eigenvalue weighted by atomic mass is 35.5. The van der Waals surface area contributed by atoms with E-state index in [0.29, 0.717) is 17.2 Å². The third-order valence-electron chi connectivity index (χ3n) is 12.4. The number of piperazine rings is 1. The van der Waals surface area contributed by atoms with Crippen molar-refractivity contribution in [3.05, 3.63) is 51.5 Å². The largest absolute Gasteiger partial charge is 0.495 e. The molecule has 332 valence electrons. The Morgan fingerprint density at radius 3 is 2.26 bits per heavy atom. The van der Waals surface area contributed by atoms with Gasteiger partial charge in [-0.25, -0.2) is 18.4 Å². The monoisotopic (exact) mass is 875 g/mol. The summed E-state index contributed by atoms with van der Waals surface area (Å²) < 4.78 is 66.2. The highest BCUT2D eigenvalue weighted by Gasteiger charge is 2.68. The van der Waals surface area contributed by atoms with Gasteiger partial charge in [0.15, 0.2) is 17.3 Å². The Balaban J connectivity index is 1.41. The molecule has 20 heteroatoms. The second-order valence-electron chi connectivity index (χ2n) is 17.5. The number of benzene rings is 2. The minimum Gasteiger partial charge on any atom is -0.495 e. The number of carbonyl (C=O) groups excluding carboxylic acids is 5. The lowest BCUT2D eigenvalue weighted by Crippen LogP contribution is -2.65. The lowest BCUT2D eigenvalue weighted by Gasteiger charge is -2.64. The maximum Gasteiger partial charge on any atom is 0.482 e. The Kier molecular flexibility index (Phi) is 12.9. The fourth-order valence-electron chi connectivity index (χ4n) is 9.21. The Labute approximate surface area is 358 Å². The Morgan fingerprint density at radius 1 is 0.984 bits per heavy atom. The average Bonchev–Trinajstić information content (AvgIpc) is 3.56. The number of amides is 5. The van der Waals surface area contributed by atoms with Gasteiger partial charge >= 0.3 is 30.9 Å². The van der Waals surface area contributed by atoms with Crippen LogP contribution in [0, 0.1) is 28.9 Å². The van der Waals surface area contributed by atoms with Crippen LogP contribution in [-0.4, -0.2) is 117 Å². The van der Waals surface area contributed by atoms with E-state index in [-0.39, 0.29) is 83.4 Å². The number of nitrogens with zero attached hydrogens (tertiary/aromatic N) is 2. The first-order chi connectivity index (χ1) is 28.6. The van der Waals surface area contributed by atoms with Gasteiger partial charge in [-0.15, -0.1) is 0 Å². The number of carbonyl (C=O) groups is 5. The fraction of sp³-hybridized carbons (Fsp3) is 0.585.